The van der Waals surface area contributed by atoms with E-state index in [1.54, 1.807) is 18.2 Å². The fourth-order valence-corrected chi connectivity index (χ4v) is 3.97. The molecule has 3 N–H and O–H groups in total. The largest absolute Gasteiger partial charge is 0.417 e. The lowest BCUT2D eigenvalue weighted by atomic mass is 10.1. The number of hydrogen-bond acceptors (Lipinski definition) is 4. The summed E-state index contributed by atoms with van der Waals surface area (Å²) in [6, 6.07) is 13.3. The number of carbonyl (C=O) groups is 1. The standard InChI is InChI=1S/C26H15F5N4O2/c27-13-1-7-17-19(11-13)22-21(9-10-32-23(22)35-24(17)36)33-15-3-5-16(6-4-15)34-25(37)18-8-2-14(28)12-20(18)26(29,30)31/h1-12H,(H,34,37)(H2,32,33,35,36). The number of aromatic nitrogens is 2. The number of pyridine rings is 2. The summed E-state index contributed by atoms with van der Waals surface area (Å²) in [6.45, 7) is 0. The van der Waals surface area contributed by atoms with Crippen LogP contribution in [0.5, 0.6) is 0 Å². The molecule has 0 atom stereocenters. The predicted octanol–water partition coefficient (Wildman–Crippen LogP) is 6.37. The van der Waals surface area contributed by atoms with Crippen molar-refractivity contribution in [2.75, 3.05) is 10.6 Å². The normalized spacial score (nSPS) is 11.6. The van der Waals surface area contributed by atoms with E-state index in [1.807, 2.05) is 0 Å². The monoisotopic (exact) mass is 510 g/mol. The first kappa shape index (κ1) is 23.9. The topological polar surface area (TPSA) is 86.9 Å². The van der Waals surface area contributed by atoms with Gasteiger partial charge in [0.25, 0.3) is 11.5 Å². The summed E-state index contributed by atoms with van der Waals surface area (Å²) in [5.41, 5.74) is -1.03. The van der Waals surface area contributed by atoms with Crippen LogP contribution >= 0.6 is 0 Å². The summed E-state index contributed by atoms with van der Waals surface area (Å²) >= 11 is 0. The van der Waals surface area contributed by atoms with Gasteiger partial charge in [0.1, 0.15) is 17.3 Å². The van der Waals surface area contributed by atoms with E-state index in [0.29, 0.717) is 22.1 Å². The maximum absolute atomic E-state index is 14.0. The number of H-pyrrole nitrogens is 1. The smallest absolute Gasteiger partial charge is 0.355 e. The van der Waals surface area contributed by atoms with E-state index in [9.17, 15) is 31.5 Å². The summed E-state index contributed by atoms with van der Waals surface area (Å²) in [5, 5.41) is 6.62. The number of anilines is 3. The van der Waals surface area contributed by atoms with Crippen LogP contribution in [0, 0.1) is 11.6 Å². The van der Waals surface area contributed by atoms with Crippen molar-refractivity contribution in [2.45, 2.75) is 6.18 Å². The van der Waals surface area contributed by atoms with Crippen LogP contribution in [0.4, 0.5) is 39.0 Å². The Morgan fingerprint density at radius 1 is 0.838 bits per heavy atom. The summed E-state index contributed by atoms with van der Waals surface area (Å²) in [5.74, 6) is -2.68. The molecule has 186 valence electrons. The fourth-order valence-electron chi connectivity index (χ4n) is 3.97. The summed E-state index contributed by atoms with van der Waals surface area (Å²) in [4.78, 5) is 31.6. The molecule has 2 aromatic heterocycles. The van der Waals surface area contributed by atoms with Gasteiger partial charge < -0.3 is 15.6 Å². The van der Waals surface area contributed by atoms with Gasteiger partial charge in [-0.2, -0.15) is 13.2 Å². The summed E-state index contributed by atoms with van der Waals surface area (Å²) in [6.07, 6.45) is -3.45. The molecule has 0 fully saturated rings. The van der Waals surface area contributed by atoms with E-state index in [2.05, 4.69) is 20.6 Å². The molecule has 0 bridgehead atoms. The van der Waals surface area contributed by atoms with Gasteiger partial charge in [-0.15, -0.1) is 0 Å². The number of fused-ring (bicyclic) bond motifs is 3. The number of benzene rings is 3. The number of alkyl halides is 3. The molecule has 3 aromatic carbocycles. The SMILES string of the molecule is O=C(Nc1ccc(Nc2ccnc3[nH]c(=O)c4ccc(F)cc4c23)cc1)c1ccc(F)cc1C(F)(F)F. The van der Waals surface area contributed by atoms with Crippen LogP contribution < -0.4 is 16.2 Å². The van der Waals surface area contributed by atoms with Gasteiger partial charge in [0.05, 0.1) is 16.8 Å². The predicted molar refractivity (Wildman–Crippen MR) is 129 cm³/mol. The van der Waals surface area contributed by atoms with Crippen molar-refractivity contribution in [1.82, 2.24) is 9.97 Å². The quantitative estimate of drug-likeness (QED) is 0.194. The van der Waals surface area contributed by atoms with E-state index in [4.69, 9.17) is 0 Å². The van der Waals surface area contributed by atoms with E-state index in [-0.39, 0.29) is 22.8 Å². The van der Waals surface area contributed by atoms with E-state index in [0.717, 1.165) is 12.1 Å². The molecule has 0 aliphatic heterocycles. The molecule has 0 radical (unpaired) electrons. The molecule has 11 heteroatoms. The molecule has 2 heterocycles. The highest BCUT2D eigenvalue weighted by Gasteiger charge is 2.35. The molecule has 0 saturated heterocycles. The van der Waals surface area contributed by atoms with Gasteiger partial charge >= 0.3 is 6.18 Å². The zero-order valence-corrected chi connectivity index (χ0v) is 18.6. The third-order valence-electron chi connectivity index (χ3n) is 5.63. The molecule has 0 saturated carbocycles. The molecule has 37 heavy (non-hydrogen) atoms. The Labute approximate surface area is 204 Å². The number of nitrogens with one attached hydrogen (secondary N) is 3. The van der Waals surface area contributed by atoms with Crippen molar-refractivity contribution < 1.29 is 26.7 Å². The van der Waals surface area contributed by atoms with Crippen LogP contribution in [0.3, 0.4) is 0 Å². The van der Waals surface area contributed by atoms with Crippen molar-refractivity contribution in [3.8, 4) is 0 Å². The molecule has 5 rings (SSSR count). The lowest BCUT2D eigenvalue weighted by molar-refractivity contribution is -0.138. The van der Waals surface area contributed by atoms with E-state index < -0.39 is 40.4 Å². The van der Waals surface area contributed by atoms with Crippen molar-refractivity contribution >= 4 is 44.8 Å². The van der Waals surface area contributed by atoms with Crippen LogP contribution in [-0.2, 0) is 6.18 Å². The second-order valence-corrected chi connectivity index (χ2v) is 8.07. The highest BCUT2D eigenvalue weighted by molar-refractivity contribution is 6.11. The maximum atomic E-state index is 14.0. The molecule has 1 amide bonds. The first-order valence-corrected chi connectivity index (χ1v) is 10.8. The number of aromatic amines is 1. The number of rotatable bonds is 4. The molecular weight excluding hydrogens is 495 g/mol. The lowest BCUT2D eigenvalue weighted by Crippen LogP contribution is -2.19. The van der Waals surface area contributed by atoms with Crippen LogP contribution in [0.1, 0.15) is 15.9 Å². The van der Waals surface area contributed by atoms with Crippen LogP contribution in [0.25, 0.3) is 21.8 Å². The molecule has 6 nitrogen and oxygen atoms in total. The minimum absolute atomic E-state index is 0.199. The third kappa shape index (κ3) is 4.70. The number of halogens is 5. The molecular formula is C26H15F5N4O2. The lowest BCUT2D eigenvalue weighted by Gasteiger charge is -2.14. The van der Waals surface area contributed by atoms with Gasteiger partial charge in [0, 0.05) is 33.7 Å². The van der Waals surface area contributed by atoms with Crippen LogP contribution in [0.2, 0.25) is 0 Å². The Balaban J connectivity index is 1.43. The minimum atomic E-state index is -4.91. The Kier molecular flexibility index (Phi) is 5.82. The van der Waals surface area contributed by atoms with Crippen molar-refractivity contribution in [3.05, 3.63) is 106 Å². The summed E-state index contributed by atoms with van der Waals surface area (Å²) in [7, 11) is 0. The van der Waals surface area contributed by atoms with Gasteiger partial charge in [-0.05, 0) is 66.7 Å². The average molecular weight is 510 g/mol. The first-order valence-electron chi connectivity index (χ1n) is 10.8. The molecule has 0 unspecified atom stereocenters. The van der Waals surface area contributed by atoms with Gasteiger partial charge in [-0.1, -0.05) is 0 Å². The molecule has 0 aliphatic rings. The molecule has 0 aliphatic carbocycles. The number of amides is 1. The Bertz CT molecular complexity index is 1730. The zero-order chi connectivity index (χ0) is 26.3. The average Bonchev–Trinajstić information content (AvgIpc) is 2.84. The van der Waals surface area contributed by atoms with Crippen molar-refractivity contribution in [2.24, 2.45) is 0 Å². The van der Waals surface area contributed by atoms with Crippen molar-refractivity contribution in [1.29, 1.82) is 0 Å². The highest BCUT2D eigenvalue weighted by Crippen LogP contribution is 2.33. The van der Waals surface area contributed by atoms with Gasteiger partial charge in [0.15, 0.2) is 0 Å². The highest BCUT2D eigenvalue weighted by atomic mass is 19.4. The Morgan fingerprint density at radius 2 is 1.51 bits per heavy atom. The second kappa shape index (κ2) is 9.01. The second-order valence-electron chi connectivity index (χ2n) is 8.07. The third-order valence-corrected chi connectivity index (χ3v) is 5.63. The fraction of sp³-hybridized carbons (Fsp3) is 0.0385. The molecule has 5 aromatic rings. The zero-order valence-electron chi connectivity index (χ0n) is 18.6. The Morgan fingerprint density at radius 3 is 2.24 bits per heavy atom. The van der Waals surface area contributed by atoms with Gasteiger partial charge in [-0.3, -0.25) is 9.59 Å². The summed E-state index contributed by atoms with van der Waals surface area (Å²) < 4.78 is 67.0. The van der Waals surface area contributed by atoms with Gasteiger partial charge in [-0.25, -0.2) is 13.8 Å². The van der Waals surface area contributed by atoms with Crippen molar-refractivity contribution in [3.63, 3.8) is 0 Å². The van der Waals surface area contributed by atoms with Crippen LogP contribution in [-0.4, -0.2) is 15.9 Å². The minimum Gasteiger partial charge on any atom is -0.355 e. The number of carbonyl (C=O) groups excluding carboxylic acids is 1. The van der Waals surface area contributed by atoms with Gasteiger partial charge in [0.2, 0.25) is 0 Å². The van der Waals surface area contributed by atoms with Crippen LogP contribution in [0.15, 0.2) is 77.7 Å². The molecule has 0 spiro atoms. The maximum Gasteiger partial charge on any atom is 0.417 e. The first-order chi connectivity index (χ1) is 17.6. The Hall–Kier alpha value is -4.80. The van der Waals surface area contributed by atoms with E-state index in [1.165, 1.54) is 36.5 Å². The number of nitrogens with zero attached hydrogens (tertiary/aromatic N) is 1. The van der Waals surface area contributed by atoms with E-state index >= 15 is 0 Å². The number of hydrogen-bond donors (Lipinski definition) is 3.